The number of likely N-dealkylation sites (tertiary alicyclic amines) is 1. The molecule has 2 rings (SSSR count). The summed E-state index contributed by atoms with van der Waals surface area (Å²) in [4.78, 5) is 14.5. The topological polar surface area (TPSA) is 41.6 Å². The summed E-state index contributed by atoms with van der Waals surface area (Å²) < 4.78 is 6.23. The predicted molar refractivity (Wildman–Crippen MR) is 90.5 cm³/mol. The van der Waals surface area contributed by atoms with Crippen molar-refractivity contribution < 1.29 is 9.53 Å². The van der Waals surface area contributed by atoms with Crippen LogP contribution in [0.15, 0.2) is 22.7 Å². The smallest absolute Gasteiger partial charge is 0.257 e. The number of carbonyl (C=O) groups is 1. The SMILES string of the molecule is CNCC1CCN(C(=O)c2ccc(Br)cc2OC)CC1.Cl. The number of rotatable bonds is 4. The quantitative estimate of drug-likeness (QED) is 0.877. The van der Waals surface area contributed by atoms with Crippen molar-refractivity contribution in [2.75, 3.05) is 33.8 Å². The Kier molecular flexibility index (Phi) is 7.49. The van der Waals surface area contributed by atoms with Crippen LogP contribution in [-0.4, -0.2) is 44.6 Å². The Morgan fingerprint density at radius 3 is 2.67 bits per heavy atom. The Morgan fingerprint density at radius 1 is 1.43 bits per heavy atom. The predicted octanol–water partition coefficient (Wildman–Crippen LogP) is 2.95. The van der Waals surface area contributed by atoms with E-state index in [0.717, 1.165) is 36.9 Å². The molecule has 0 bridgehead atoms. The average Bonchev–Trinajstić information content (AvgIpc) is 2.47. The van der Waals surface area contributed by atoms with Gasteiger partial charge >= 0.3 is 0 Å². The number of nitrogens with zero attached hydrogens (tertiary/aromatic N) is 1. The van der Waals surface area contributed by atoms with Crippen LogP contribution in [0.5, 0.6) is 5.75 Å². The van der Waals surface area contributed by atoms with Crippen molar-refractivity contribution in [2.45, 2.75) is 12.8 Å². The lowest BCUT2D eigenvalue weighted by atomic mass is 9.96. The van der Waals surface area contributed by atoms with Gasteiger partial charge in [-0.2, -0.15) is 0 Å². The number of methoxy groups -OCH3 is 1. The fourth-order valence-electron chi connectivity index (χ4n) is 2.64. The molecule has 1 aromatic carbocycles. The molecular formula is C15H22BrClN2O2. The number of ether oxygens (including phenoxy) is 1. The van der Waals surface area contributed by atoms with Gasteiger partial charge < -0.3 is 15.0 Å². The Balaban J connectivity index is 0.00000220. The molecular weight excluding hydrogens is 356 g/mol. The first-order valence-corrected chi connectivity index (χ1v) is 7.72. The van der Waals surface area contributed by atoms with Crippen molar-refractivity contribution >= 4 is 34.2 Å². The molecule has 1 amide bonds. The van der Waals surface area contributed by atoms with Crippen LogP contribution >= 0.6 is 28.3 Å². The number of carbonyl (C=O) groups excluding carboxylic acids is 1. The van der Waals surface area contributed by atoms with Gasteiger partial charge in [0.25, 0.3) is 5.91 Å². The molecule has 1 aliphatic heterocycles. The minimum Gasteiger partial charge on any atom is -0.496 e. The third-order valence-corrected chi connectivity index (χ3v) is 4.28. The molecule has 0 aliphatic carbocycles. The zero-order valence-corrected chi connectivity index (χ0v) is 14.8. The van der Waals surface area contributed by atoms with Crippen molar-refractivity contribution in [3.05, 3.63) is 28.2 Å². The summed E-state index contributed by atoms with van der Waals surface area (Å²) in [6.07, 6.45) is 2.12. The van der Waals surface area contributed by atoms with Crippen LogP contribution in [0.25, 0.3) is 0 Å². The van der Waals surface area contributed by atoms with Crippen molar-refractivity contribution in [1.82, 2.24) is 10.2 Å². The maximum absolute atomic E-state index is 12.6. The van der Waals surface area contributed by atoms with Gasteiger partial charge in [0, 0.05) is 17.6 Å². The number of benzene rings is 1. The second-order valence-electron chi connectivity index (χ2n) is 5.14. The third kappa shape index (κ3) is 4.59. The third-order valence-electron chi connectivity index (χ3n) is 3.79. The van der Waals surface area contributed by atoms with Gasteiger partial charge in [0.2, 0.25) is 0 Å². The lowest BCUT2D eigenvalue weighted by Crippen LogP contribution is -2.40. The van der Waals surface area contributed by atoms with E-state index in [1.54, 1.807) is 7.11 Å². The van der Waals surface area contributed by atoms with Crippen molar-refractivity contribution in [2.24, 2.45) is 5.92 Å². The minimum atomic E-state index is 0. The Labute approximate surface area is 140 Å². The van der Waals surface area contributed by atoms with Crippen LogP contribution in [-0.2, 0) is 0 Å². The molecule has 1 aromatic rings. The van der Waals surface area contributed by atoms with Gasteiger partial charge in [-0.3, -0.25) is 4.79 Å². The molecule has 118 valence electrons. The van der Waals surface area contributed by atoms with Crippen LogP contribution in [0.2, 0.25) is 0 Å². The zero-order chi connectivity index (χ0) is 14.5. The van der Waals surface area contributed by atoms with E-state index in [2.05, 4.69) is 21.2 Å². The number of nitrogens with one attached hydrogen (secondary N) is 1. The van der Waals surface area contributed by atoms with Gasteiger partial charge in [-0.05, 0) is 50.6 Å². The molecule has 0 saturated carbocycles. The van der Waals surface area contributed by atoms with E-state index in [1.165, 1.54) is 0 Å². The maximum Gasteiger partial charge on any atom is 0.257 e. The van der Waals surface area contributed by atoms with E-state index in [1.807, 2.05) is 30.1 Å². The molecule has 1 fully saturated rings. The highest BCUT2D eigenvalue weighted by Gasteiger charge is 2.25. The molecule has 0 atom stereocenters. The second-order valence-corrected chi connectivity index (χ2v) is 6.05. The first-order chi connectivity index (χ1) is 9.65. The zero-order valence-electron chi connectivity index (χ0n) is 12.4. The molecule has 0 spiro atoms. The molecule has 0 aromatic heterocycles. The van der Waals surface area contributed by atoms with Crippen LogP contribution in [0.3, 0.4) is 0 Å². The number of amides is 1. The molecule has 21 heavy (non-hydrogen) atoms. The van der Waals surface area contributed by atoms with Gasteiger partial charge in [0.15, 0.2) is 0 Å². The van der Waals surface area contributed by atoms with Crippen LogP contribution in [0.1, 0.15) is 23.2 Å². The monoisotopic (exact) mass is 376 g/mol. The molecule has 0 radical (unpaired) electrons. The summed E-state index contributed by atoms with van der Waals surface area (Å²) in [5.41, 5.74) is 0.641. The number of halogens is 2. The molecule has 1 saturated heterocycles. The van der Waals surface area contributed by atoms with Crippen LogP contribution < -0.4 is 10.1 Å². The number of hydrogen-bond donors (Lipinski definition) is 1. The standard InChI is InChI=1S/C15H21BrN2O2.ClH/c1-17-10-11-5-7-18(8-6-11)15(19)13-4-3-12(16)9-14(13)20-2;/h3-4,9,11,17H,5-8,10H2,1-2H3;1H. The van der Waals surface area contributed by atoms with Gasteiger partial charge in [-0.15, -0.1) is 12.4 Å². The summed E-state index contributed by atoms with van der Waals surface area (Å²) >= 11 is 3.40. The van der Waals surface area contributed by atoms with E-state index in [9.17, 15) is 4.79 Å². The van der Waals surface area contributed by atoms with Gasteiger partial charge in [0.05, 0.1) is 12.7 Å². The van der Waals surface area contributed by atoms with E-state index in [-0.39, 0.29) is 18.3 Å². The van der Waals surface area contributed by atoms with Crippen LogP contribution in [0, 0.1) is 5.92 Å². The Bertz CT molecular complexity index is 477. The largest absolute Gasteiger partial charge is 0.496 e. The van der Waals surface area contributed by atoms with Crippen molar-refractivity contribution in [3.63, 3.8) is 0 Å². The molecule has 6 heteroatoms. The highest BCUT2D eigenvalue weighted by atomic mass is 79.9. The van der Waals surface area contributed by atoms with E-state index in [4.69, 9.17) is 4.74 Å². The molecule has 1 heterocycles. The summed E-state index contributed by atoms with van der Waals surface area (Å²) in [5, 5.41) is 3.21. The van der Waals surface area contributed by atoms with E-state index in [0.29, 0.717) is 17.2 Å². The van der Waals surface area contributed by atoms with Crippen molar-refractivity contribution in [1.29, 1.82) is 0 Å². The minimum absolute atomic E-state index is 0. The molecule has 1 N–H and O–H groups in total. The van der Waals surface area contributed by atoms with Crippen LogP contribution in [0.4, 0.5) is 0 Å². The first-order valence-electron chi connectivity index (χ1n) is 6.93. The van der Waals surface area contributed by atoms with Crippen molar-refractivity contribution in [3.8, 4) is 5.75 Å². The fourth-order valence-corrected chi connectivity index (χ4v) is 2.98. The highest BCUT2D eigenvalue weighted by Crippen LogP contribution is 2.26. The number of piperidine rings is 1. The van der Waals surface area contributed by atoms with E-state index < -0.39 is 0 Å². The Hall–Kier alpha value is -0.780. The summed E-state index contributed by atoms with van der Waals surface area (Å²) in [6, 6.07) is 5.54. The lowest BCUT2D eigenvalue weighted by Gasteiger charge is -2.32. The highest BCUT2D eigenvalue weighted by molar-refractivity contribution is 9.10. The van der Waals surface area contributed by atoms with Gasteiger partial charge in [-0.1, -0.05) is 15.9 Å². The summed E-state index contributed by atoms with van der Waals surface area (Å²) in [5.74, 6) is 1.37. The number of hydrogen-bond acceptors (Lipinski definition) is 3. The molecule has 4 nitrogen and oxygen atoms in total. The maximum atomic E-state index is 12.6. The summed E-state index contributed by atoms with van der Waals surface area (Å²) in [6.45, 7) is 2.68. The normalized spacial score (nSPS) is 15.5. The van der Waals surface area contributed by atoms with Gasteiger partial charge in [-0.25, -0.2) is 0 Å². The Morgan fingerprint density at radius 2 is 2.10 bits per heavy atom. The second kappa shape index (κ2) is 8.61. The lowest BCUT2D eigenvalue weighted by molar-refractivity contribution is 0.0687. The summed E-state index contributed by atoms with van der Waals surface area (Å²) in [7, 11) is 3.57. The van der Waals surface area contributed by atoms with E-state index >= 15 is 0 Å². The fraction of sp³-hybridized carbons (Fsp3) is 0.533. The first kappa shape index (κ1) is 18.3. The molecule has 0 unspecified atom stereocenters. The average molecular weight is 378 g/mol. The van der Waals surface area contributed by atoms with Gasteiger partial charge in [0.1, 0.15) is 5.75 Å². The molecule has 1 aliphatic rings.